The van der Waals surface area contributed by atoms with Gasteiger partial charge in [-0.05, 0) is 54.6 Å². The molecule has 4 aromatic rings. The zero-order chi connectivity index (χ0) is 29.5. The number of carbonyl (C=O) groups is 3. The van der Waals surface area contributed by atoms with Gasteiger partial charge in [-0.15, -0.1) is 0 Å². The van der Waals surface area contributed by atoms with Crippen LogP contribution in [0.15, 0.2) is 87.1 Å². The Morgan fingerprint density at radius 3 is 2.33 bits per heavy atom. The number of rotatable bonds is 7. The lowest BCUT2D eigenvalue weighted by Gasteiger charge is -2.31. The molecule has 0 radical (unpaired) electrons. The average Bonchev–Trinajstić information content (AvgIpc) is 3.44. The van der Waals surface area contributed by atoms with Gasteiger partial charge in [-0.3, -0.25) is 23.7 Å². The monoisotopic (exact) mass is 665 g/mol. The number of fused-ring (bicyclic) bond motifs is 2. The molecule has 3 aromatic carbocycles. The van der Waals surface area contributed by atoms with Gasteiger partial charge in [0.1, 0.15) is 23.3 Å². The molecule has 2 unspecified atom stereocenters. The van der Waals surface area contributed by atoms with Crippen LogP contribution < -0.4 is 24.6 Å². The molecule has 2 aliphatic heterocycles. The van der Waals surface area contributed by atoms with Crippen molar-refractivity contribution in [1.82, 2.24) is 4.57 Å². The molecule has 2 aliphatic rings. The lowest BCUT2D eigenvalue weighted by atomic mass is 9.82. The van der Waals surface area contributed by atoms with Crippen LogP contribution in [0.25, 0.3) is 0 Å². The van der Waals surface area contributed by atoms with Crippen molar-refractivity contribution < 1.29 is 23.9 Å². The molecule has 3 amide bonds. The molecule has 6 rings (SSSR count). The van der Waals surface area contributed by atoms with Crippen LogP contribution in [-0.4, -0.2) is 41.8 Å². The second-order valence-electron chi connectivity index (χ2n) is 9.67. The highest BCUT2D eigenvalue weighted by Gasteiger charge is 2.57. The van der Waals surface area contributed by atoms with Crippen LogP contribution >= 0.6 is 39.0 Å². The molecule has 1 aromatic heterocycles. The number of halogens is 1. The van der Waals surface area contributed by atoms with Crippen LogP contribution in [0.3, 0.4) is 0 Å². The SMILES string of the molecule is COc1ccc(NC(=O)Cn2c3c(sc2=O)[C@H](c2ccccc2OC)C2C(=O)N(c4ccc(Br)cc4)C(=O)C2S3)cc1. The van der Waals surface area contributed by atoms with Gasteiger partial charge in [0.25, 0.3) is 0 Å². The summed E-state index contributed by atoms with van der Waals surface area (Å²) in [7, 11) is 3.10. The van der Waals surface area contributed by atoms with E-state index in [0.29, 0.717) is 38.3 Å². The number of aromatic nitrogens is 1. The Hall–Kier alpha value is -3.87. The van der Waals surface area contributed by atoms with Crippen molar-refractivity contribution in [1.29, 1.82) is 0 Å². The van der Waals surface area contributed by atoms with Crippen molar-refractivity contribution >= 4 is 68.1 Å². The summed E-state index contributed by atoms with van der Waals surface area (Å²) in [5.74, 6) is -1.30. The summed E-state index contributed by atoms with van der Waals surface area (Å²) in [6.45, 7) is -0.252. The highest BCUT2D eigenvalue weighted by molar-refractivity contribution is 9.10. The molecular weight excluding hydrogens is 642 g/mol. The van der Waals surface area contributed by atoms with Gasteiger partial charge in [-0.2, -0.15) is 0 Å². The largest absolute Gasteiger partial charge is 0.497 e. The fourth-order valence-electron chi connectivity index (χ4n) is 5.38. The van der Waals surface area contributed by atoms with Gasteiger partial charge in [0.2, 0.25) is 17.7 Å². The van der Waals surface area contributed by atoms with Gasteiger partial charge >= 0.3 is 4.87 Å². The first-order valence-electron chi connectivity index (χ1n) is 12.9. The Balaban J connectivity index is 1.41. The summed E-state index contributed by atoms with van der Waals surface area (Å²) in [5, 5.41) is 2.52. The van der Waals surface area contributed by atoms with E-state index < -0.39 is 23.0 Å². The fraction of sp³-hybridized carbons (Fsp3) is 0.200. The van der Waals surface area contributed by atoms with E-state index in [1.807, 2.05) is 18.2 Å². The third kappa shape index (κ3) is 4.93. The van der Waals surface area contributed by atoms with Gasteiger partial charge in [-0.1, -0.05) is 57.2 Å². The maximum absolute atomic E-state index is 14.0. The number of nitrogens with one attached hydrogen (secondary N) is 1. The predicted molar refractivity (Wildman–Crippen MR) is 165 cm³/mol. The third-order valence-electron chi connectivity index (χ3n) is 7.28. The van der Waals surface area contributed by atoms with Gasteiger partial charge in [0.05, 0.1) is 30.9 Å². The fourth-order valence-corrected chi connectivity index (χ4v) is 8.41. The Kier molecular flexibility index (Phi) is 7.69. The van der Waals surface area contributed by atoms with Crippen molar-refractivity contribution in [2.24, 2.45) is 5.92 Å². The average molecular weight is 667 g/mol. The molecule has 3 heterocycles. The molecule has 42 heavy (non-hydrogen) atoms. The molecule has 3 atom stereocenters. The molecule has 9 nitrogen and oxygen atoms in total. The molecule has 0 bridgehead atoms. The Bertz CT molecular complexity index is 1750. The first kappa shape index (κ1) is 28.3. The number of hydrogen-bond donors (Lipinski definition) is 1. The maximum atomic E-state index is 14.0. The zero-order valence-electron chi connectivity index (χ0n) is 22.4. The smallest absolute Gasteiger partial charge is 0.308 e. The maximum Gasteiger partial charge on any atom is 0.308 e. The molecule has 1 fully saturated rings. The molecule has 0 spiro atoms. The summed E-state index contributed by atoms with van der Waals surface area (Å²) in [5.41, 5.74) is 1.73. The normalized spacial score (nSPS) is 19.3. The van der Waals surface area contributed by atoms with Gasteiger partial charge in [-0.25, -0.2) is 4.90 Å². The number of ether oxygens (including phenoxy) is 2. The minimum Gasteiger partial charge on any atom is -0.497 e. The lowest BCUT2D eigenvalue weighted by Crippen LogP contribution is -2.33. The van der Waals surface area contributed by atoms with E-state index in [-0.39, 0.29) is 23.2 Å². The van der Waals surface area contributed by atoms with Crippen molar-refractivity contribution in [3.8, 4) is 11.5 Å². The number of thioether (sulfide) groups is 1. The molecule has 12 heteroatoms. The molecule has 0 saturated carbocycles. The summed E-state index contributed by atoms with van der Waals surface area (Å²) in [6, 6.07) is 21.2. The topological polar surface area (TPSA) is 107 Å². The van der Waals surface area contributed by atoms with Crippen LogP contribution in [0, 0.1) is 5.92 Å². The van der Waals surface area contributed by atoms with E-state index in [1.165, 1.54) is 21.2 Å². The second-order valence-corrected chi connectivity index (χ2v) is 12.7. The number of methoxy groups -OCH3 is 2. The molecule has 1 saturated heterocycles. The van der Waals surface area contributed by atoms with Crippen LogP contribution in [0.1, 0.15) is 16.4 Å². The Labute approximate surface area is 257 Å². The van der Waals surface area contributed by atoms with Crippen molar-refractivity contribution in [2.45, 2.75) is 22.7 Å². The van der Waals surface area contributed by atoms with Crippen molar-refractivity contribution in [2.75, 3.05) is 24.4 Å². The number of carbonyl (C=O) groups excluding carboxylic acids is 3. The number of imide groups is 1. The van der Waals surface area contributed by atoms with E-state index in [2.05, 4.69) is 21.2 Å². The van der Waals surface area contributed by atoms with Crippen molar-refractivity contribution in [3.05, 3.63) is 97.4 Å². The standard InChI is InChI=1S/C30H24BrN3O6S2/c1-39-19-13-9-17(10-14-19)32-22(35)15-33-29-26(42-30(33)38)23(20-5-3-4-6-21(20)40-2)24-25(41-29)28(37)34(27(24)36)18-11-7-16(31)8-12-18/h3-14,23-25H,15H2,1-2H3,(H,32,35)/t23-,24?,25?/m1/s1. The zero-order valence-corrected chi connectivity index (χ0v) is 25.6. The third-order valence-corrected chi connectivity index (χ3v) is 10.4. The Morgan fingerprint density at radius 2 is 1.64 bits per heavy atom. The van der Waals surface area contributed by atoms with Gasteiger partial charge in [0.15, 0.2) is 0 Å². The summed E-state index contributed by atoms with van der Waals surface area (Å²) in [4.78, 5) is 55.9. The summed E-state index contributed by atoms with van der Waals surface area (Å²) < 4.78 is 13.0. The number of anilines is 2. The van der Waals surface area contributed by atoms with Crippen molar-refractivity contribution in [3.63, 3.8) is 0 Å². The predicted octanol–water partition coefficient (Wildman–Crippen LogP) is 5.12. The molecule has 214 valence electrons. The van der Waals surface area contributed by atoms with Crippen LogP contribution in [0.2, 0.25) is 0 Å². The van der Waals surface area contributed by atoms with Crippen LogP contribution in [-0.2, 0) is 20.9 Å². The minimum absolute atomic E-state index is 0.252. The molecule has 0 aliphatic carbocycles. The van der Waals surface area contributed by atoms with E-state index in [9.17, 15) is 19.2 Å². The Morgan fingerprint density at radius 1 is 0.929 bits per heavy atom. The highest BCUT2D eigenvalue weighted by atomic mass is 79.9. The number of para-hydroxylation sites is 1. The number of benzene rings is 3. The van der Waals surface area contributed by atoms with Gasteiger partial charge < -0.3 is 14.8 Å². The lowest BCUT2D eigenvalue weighted by molar-refractivity contribution is -0.122. The number of nitrogens with zero attached hydrogens (tertiary/aromatic N) is 2. The van der Waals surface area contributed by atoms with Crippen LogP contribution in [0.4, 0.5) is 11.4 Å². The first-order chi connectivity index (χ1) is 20.3. The van der Waals surface area contributed by atoms with Crippen LogP contribution in [0.5, 0.6) is 11.5 Å². The quantitative estimate of drug-likeness (QED) is 0.273. The minimum atomic E-state index is -0.798. The molecule has 1 N–H and O–H groups in total. The van der Waals surface area contributed by atoms with E-state index >= 15 is 0 Å². The van der Waals surface area contributed by atoms with Gasteiger partial charge in [0, 0.05) is 26.5 Å². The van der Waals surface area contributed by atoms with E-state index in [4.69, 9.17) is 9.47 Å². The highest BCUT2D eigenvalue weighted by Crippen LogP contribution is 2.55. The first-order valence-corrected chi connectivity index (χ1v) is 15.4. The van der Waals surface area contributed by atoms with E-state index in [0.717, 1.165) is 15.8 Å². The number of amides is 3. The number of hydrogen-bond acceptors (Lipinski definition) is 8. The summed E-state index contributed by atoms with van der Waals surface area (Å²) >= 11 is 5.56. The second kappa shape index (κ2) is 11.4. The molecular formula is C30H24BrN3O6S2. The summed E-state index contributed by atoms with van der Waals surface area (Å²) in [6.07, 6.45) is 0. The van der Waals surface area contributed by atoms with E-state index in [1.54, 1.807) is 68.8 Å². The number of thiazole rings is 1.